The maximum absolute atomic E-state index is 10.9. The van der Waals surface area contributed by atoms with E-state index in [2.05, 4.69) is 17.1 Å². The summed E-state index contributed by atoms with van der Waals surface area (Å²) in [7, 11) is 0. The van der Waals surface area contributed by atoms with Gasteiger partial charge >= 0.3 is 0 Å². The molecule has 5 heteroatoms. The fraction of sp³-hybridized carbons (Fsp3) is 0.600. The van der Waals surface area contributed by atoms with Gasteiger partial charge in [0, 0.05) is 36.4 Å². The number of likely N-dealkylation sites (N-methyl/N-ethyl adjacent to an activating group) is 1. The van der Waals surface area contributed by atoms with E-state index in [1.165, 1.54) is 19.3 Å². The highest BCUT2D eigenvalue weighted by atomic mass is 16.6. The van der Waals surface area contributed by atoms with E-state index < -0.39 is 0 Å². The lowest BCUT2D eigenvalue weighted by molar-refractivity contribution is -0.385. The van der Waals surface area contributed by atoms with Crippen molar-refractivity contribution in [3.63, 3.8) is 0 Å². The second kappa shape index (κ2) is 6.70. The van der Waals surface area contributed by atoms with Gasteiger partial charge in [-0.25, -0.2) is 0 Å². The van der Waals surface area contributed by atoms with Crippen LogP contribution in [0.1, 0.15) is 31.7 Å². The number of rotatable bonds is 5. The molecule has 0 spiro atoms. The summed E-state index contributed by atoms with van der Waals surface area (Å²) in [4.78, 5) is 12.8. The quantitative estimate of drug-likeness (QED) is 0.664. The van der Waals surface area contributed by atoms with Crippen LogP contribution in [0.4, 0.5) is 11.4 Å². The van der Waals surface area contributed by atoms with Gasteiger partial charge in [0.15, 0.2) is 0 Å². The molecule has 1 N–H and O–H groups in total. The Bertz CT molecular complexity index is 470. The van der Waals surface area contributed by atoms with Gasteiger partial charge in [-0.05, 0) is 45.4 Å². The molecule has 2 rings (SSSR count). The molecule has 1 unspecified atom stereocenters. The maximum Gasteiger partial charge on any atom is 0.272 e. The molecular formula is C15H23N3O2. The average Bonchev–Trinajstić information content (AvgIpc) is 2.45. The molecule has 1 aliphatic rings. The van der Waals surface area contributed by atoms with Crippen molar-refractivity contribution in [3.8, 4) is 0 Å². The van der Waals surface area contributed by atoms with Crippen molar-refractivity contribution < 1.29 is 4.92 Å². The first-order chi connectivity index (χ1) is 9.61. The number of nitrogens with one attached hydrogen (secondary N) is 1. The van der Waals surface area contributed by atoms with Crippen LogP contribution in [0.3, 0.4) is 0 Å². The number of nitro groups is 1. The van der Waals surface area contributed by atoms with Gasteiger partial charge in [-0.3, -0.25) is 10.1 Å². The van der Waals surface area contributed by atoms with E-state index >= 15 is 0 Å². The topological polar surface area (TPSA) is 58.4 Å². The SMILES string of the molecule is CCN(CC1CCCCN1)c1ccc([N+](=O)[O-])c(C)c1. The van der Waals surface area contributed by atoms with E-state index in [-0.39, 0.29) is 10.6 Å². The Morgan fingerprint density at radius 3 is 2.80 bits per heavy atom. The second-order valence-corrected chi connectivity index (χ2v) is 5.41. The molecule has 0 aromatic heterocycles. The van der Waals surface area contributed by atoms with Crippen LogP contribution in [0.25, 0.3) is 0 Å². The van der Waals surface area contributed by atoms with Crippen LogP contribution in [0.5, 0.6) is 0 Å². The third-order valence-electron chi connectivity index (χ3n) is 3.98. The zero-order valence-corrected chi connectivity index (χ0v) is 12.3. The lowest BCUT2D eigenvalue weighted by atomic mass is 10.0. The third kappa shape index (κ3) is 3.48. The first-order valence-corrected chi connectivity index (χ1v) is 7.35. The fourth-order valence-electron chi connectivity index (χ4n) is 2.80. The third-order valence-corrected chi connectivity index (χ3v) is 3.98. The molecule has 0 aliphatic carbocycles. The predicted octanol–water partition coefficient (Wildman–Crippen LogP) is 2.87. The summed E-state index contributed by atoms with van der Waals surface area (Å²) < 4.78 is 0. The van der Waals surface area contributed by atoms with E-state index in [4.69, 9.17) is 0 Å². The minimum atomic E-state index is -0.321. The van der Waals surface area contributed by atoms with Gasteiger partial charge in [0.05, 0.1) is 4.92 Å². The summed E-state index contributed by atoms with van der Waals surface area (Å²) in [6.45, 7) is 6.90. The highest BCUT2D eigenvalue weighted by Crippen LogP contribution is 2.24. The average molecular weight is 277 g/mol. The Hall–Kier alpha value is -1.62. The number of aryl methyl sites for hydroxylation is 1. The van der Waals surface area contributed by atoms with Gasteiger partial charge in [0.25, 0.3) is 5.69 Å². The summed E-state index contributed by atoms with van der Waals surface area (Å²) in [5, 5.41) is 14.4. The summed E-state index contributed by atoms with van der Waals surface area (Å²) in [6.07, 6.45) is 3.76. The first-order valence-electron chi connectivity index (χ1n) is 7.35. The number of hydrogen-bond acceptors (Lipinski definition) is 4. The Balaban J connectivity index is 2.10. The van der Waals surface area contributed by atoms with Crippen LogP contribution in [0, 0.1) is 17.0 Å². The number of benzene rings is 1. The van der Waals surface area contributed by atoms with Crippen LogP contribution >= 0.6 is 0 Å². The van der Waals surface area contributed by atoms with Gasteiger partial charge in [-0.1, -0.05) is 6.42 Å². The number of piperidine rings is 1. The molecule has 110 valence electrons. The maximum atomic E-state index is 10.9. The van der Waals surface area contributed by atoms with Crippen LogP contribution in [0.2, 0.25) is 0 Å². The zero-order chi connectivity index (χ0) is 14.5. The van der Waals surface area contributed by atoms with E-state index in [0.717, 1.165) is 30.9 Å². The van der Waals surface area contributed by atoms with Crippen molar-refractivity contribution >= 4 is 11.4 Å². The summed E-state index contributed by atoms with van der Waals surface area (Å²) in [5.41, 5.74) is 1.99. The molecule has 0 saturated carbocycles. The van der Waals surface area contributed by atoms with E-state index in [9.17, 15) is 10.1 Å². The van der Waals surface area contributed by atoms with Crippen molar-refractivity contribution in [3.05, 3.63) is 33.9 Å². The molecule has 1 fully saturated rings. The molecule has 0 bridgehead atoms. The lowest BCUT2D eigenvalue weighted by Crippen LogP contribution is -2.43. The summed E-state index contributed by atoms with van der Waals surface area (Å²) in [6, 6.07) is 5.92. The van der Waals surface area contributed by atoms with Gasteiger partial charge < -0.3 is 10.2 Å². The van der Waals surface area contributed by atoms with E-state index in [1.807, 2.05) is 12.1 Å². The summed E-state index contributed by atoms with van der Waals surface area (Å²) in [5.74, 6) is 0. The molecule has 1 saturated heterocycles. The standard InChI is InChI=1S/C15H23N3O2/c1-3-17(11-13-6-4-5-9-16-13)14-7-8-15(18(19)20)12(2)10-14/h7-8,10,13,16H,3-6,9,11H2,1-2H3. The normalized spacial score (nSPS) is 18.8. The molecule has 0 amide bonds. The van der Waals surface area contributed by atoms with Crippen molar-refractivity contribution in [1.29, 1.82) is 0 Å². The Labute approximate surface area is 120 Å². The smallest absolute Gasteiger partial charge is 0.272 e. The number of nitro benzene ring substituents is 1. The minimum absolute atomic E-state index is 0.195. The van der Waals surface area contributed by atoms with Crippen LogP contribution in [-0.4, -0.2) is 30.6 Å². The van der Waals surface area contributed by atoms with Crippen molar-refractivity contribution in [2.45, 2.75) is 39.2 Å². The van der Waals surface area contributed by atoms with Gasteiger partial charge in [0.2, 0.25) is 0 Å². The van der Waals surface area contributed by atoms with Crippen LogP contribution < -0.4 is 10.2 Å². The molecule has 1 aromatic rings. The van der Waals surface area contributed by atoms with Crippen molar-refractivity contribution in [2.24, 2.45) is 0 Å². The fourth-order valence-corrected chi connectivity index (χ4v) is 2.80. The summed E-state index contributed by atoms with van der Waals surface area (Å²) >= 11 is 0. The van der Waals surface area contributed by atoms with Crippen molar-refractivity contribution in [1.82, 2.24) is 5.32 Å². The zero-order valence-electron chi connectivity index (χ0n) is 12.3. The van der Waals surface area contributed by atoms with Crippen LogP contribution in [-0.2, 0) is 0 Å². The largest absolute Gasteiger partial charge is 0.370 e. The van der Waals surface area contributed by atoms with E-state index in [1.54, 1.807) is 13.0 Å². The van der Waals surface area contributed by atoms with E-state index in [0.29, 0.717) is 6.04 Å². The molecule has 1 aromatic carbocycles. The Morgan fingerprint density at radius 2 is 2.25 bits per heavy atom. The Kier molecular flexibility index (Phi) is 4.95. The lowest BCUT2D eigenvalue weighted by Gasteiger charge is -2.31. The molecule has 5 nitrogen and oxygen atoms in total. The first kappa shape index (κ1) is 14.8. The minimum Gasteiger partial charge on any atom is -0.370 e. The molecule has 1 aliphatic heterocycles. The predicted molar refractivity (Wildman–Crippen MR) is 81.4 cm³/mol. The van der Waals surface area contributed by atoms with Gasteiger partial charge in [-0.2, -0.15) is 0 Å². The number of hydrogen-bond donors (Lipinski definition) is 1. The van der Waals surface area contributed by atoms with Gasteiger partial charge in [0.1, 0.15) is 0 Å². The number of nitrogens with zero attached hydrogens (tertiary/aromatic N) is 2. The molecule has 0 radical (unpaired) electrons. The number of anilines is 1. The second-order valence-electron chi connectivity index (χ2n) is 5.41. The van der Waals surface area contributed by atoms with Crippen molar-refractivity contribution in [2.75, 3.05) is 24.5 Å². The Morgan fingerprint density at radius 1 is 1.45 bits per heavy atom. The monoisotopic (exact) mass is 277 g/mol. The molecule has 1 heterocycles. The molecular weight excluding hydrogens is 254 g/mol. The van der Waals surface area contributed by atoms with Crippen LogP contribution in [0.15, 0.2) is 18.2 Å². The molecule has 20 heavy (non-hydrogen) atoms. The highest BCUT2D eigenvalue weighted by molar-refractivity contribution is 5.55. The highest BCUT2D eigenvalue weighted by Gasteiger charge is 2.18. The molecule has 1 atom stereocenters. The van der Waals surface area contributed by atoms with Gasteiger partial charge in [-0.15, -0.1) is 0 Å².